The molecule has 0 amide bonds. The summed E-state index contributed by atoms with van der Waals surface area (Å²) in [6.07, 6.45) is 6.79. The van der Waals surface area contributed by atoms with Gasteiger partial charge < -0.3 is 19.5 Å². The van der Waals surface area contributed by atoms with Crippen molar-refractivity contribution in [2.75, 3.05) is 50.8 Å². The number of hydrogen-bond acceptors (Lipinski definition) is 9. The van der Waals surface area contributed by atoms with Crippen molar-refractivity contribution in [2.45, 2.75) is 81.8 Å². The lowest BCUT2D eigenvalue weighted by Gasteiger charge is -2.44. The maximum atomic E-state index is 17.8. The predicted molar refractivity (Wildman–Crippen MR) is 196 cm³/mol. The molecule has 0 aliphatic carbocycles. The van der Waals surface area contributed by atoms with Crippen molar-refractivity contribution in [1.29, 1.82) is 0 Å². The number of benzene rings is 3. The van der Waals surface area contributed by atoms with Gasteiger partial charge in [-0.2, -0.15) is 15.1 Å². The van der Waals surface area contributed by atoms with Gasteiger partial charge in [-0.1, -0.05) is 13.0 Å². The summed E-state index contributed by atoms with van der Waals surface area (Å²) in [6.45, 7) is 6.68. The lowest BCUT2D eigenvalue weighted by Crippen LogP contribution is -2.56. The molecule has 5 aliphatic rings. The molecule has 5 fully saturated rings. The Morgan fingerprint density at radius 2 is 1.85 bits per heavy atom. The largest absolute Gasteiger partial charge is 0.508 e. The van der Waals surface area contributed by atoms with E-state index >= 15 is 8.78 Å². The Labute approximate surface area is 305 Å². The van der Waals surface area contributed by atoms with Gasteiger partial charge in [0.2, 0.25) is 0 Å². The highest BCUT2D eigenvalue weighted by Gasteiger charge is 2.50. The van der Waals surface area contributed by atoms with E-state index in [4.69, 9.17) is 24.5 Å². The Morgan fingerprint density at radius 3 is 2.60 bits per heavy atom. The molecule has 278 valence electrons. The molecule has 0 spiro atoms. The van der Waals surface area contributed by atoms with E-state index in [0.29, 0.717) is 63.4 Å². The first-order valence-electron chi connectivity index (χ1n) is 19.1. The average molecular weight is 728 g/mol. The van der Waals surface area contributed by atoms with Crippen molar-refractivity contribution >= 4 is 38.4 Å². The topological polar surface area (TPSA) is 92.0 Å². The van der Waals surface area contributed by atoms with Gasteiger partial charge in [-0.15, -0.1) is 0 Å². The van der Waals surface area contributed by atoms with Gasteiger partial charge in [-0.3, -0.25) is 14.5 Å². The van der Waals surface area contributed by atoms with Crippen LogP contribution in [0.3, 0.4) is 0 Å². The first kappa shape index (κ1) is 33.4. The van der Waals surface area contributed by atoms with Crippen LogP contribution >= 0.6 is 0 Å². The molecular weight excluding hydrogens is 683 g/mol. The number of hydrogen-bond donors (Lipinski definition) is 1. The zero-order valence-corrected chi connectivity index (χ0v) is 30.1. The van der Waals surface area contributed by atoms with Crippen LogP contribution in [0.2, 0.25) is 0 Å². The van der Waals surface area contributed by atoms with E-state index < -0.39 is 23.3 Å². The number of aromatic hydroxyl groups is 1. The standard InChI is InChI=1S/C40H44F3N7O3/c1-3-28-31(42)8-5-22-13-26(51)14-29(32(22)28)33-35(43)37-34(30-20-47(2)46-36(30)33)38(50-24-6-7-25(50)18-48(17-24)19-27-9-12-52-27)45-39(44-37)53-21-40-10-4-11-49(40)16-23(41)15-40/h5,8,13-14,20,23-25,27,51H,3-4,6-7,9-12,15-19,21H2,1-2H3/t23-,24-,25+,27?,40+/m1/s1. The van der Waals surface area contributed by atoms with E-state index in [9.17, 15) is 9.50 Å². The van der Waals surface area contributed by atoms with Gasteiger partial charge in [0.05, 0.1) is 17.0 Å². The number of nitrogens with zero attached hydrogens (tertiary/aromatic N) is 7. The van der Waals surface area contributed by atoms with Gasteiger partial charge in [-0.25, -0.2) is 13.2 Å². The lowest BCUT2D eigenvalue weighted by molar-refractivity contribution is -0.0687. The Kier molecular flexibility index (Phi) is 7.82. The van der Waals surface area contributed by atoms with Crippen LogP contribution in [0.15, 0.2) is 30.5 Å². The third kappa shape index (κ3) is 5.28. The first-order chi connectivity index (χ1) is 25.7. The highest BCUT2D eigenvalue weighted by Crippen LogP contribution is 2.47. The number of halogens is 3. The summed E-state index contributed by atoms with van der Waals surface area (Å²) in [4.78, 5) is 17.0. The summed E-state index contributed by atoms with van der Waals surface area (Å²) < 4.78 is 61.8. The highest BCUT2D eigenvalue weighted by atomic mass is 19.1. The summed E-state index contributed by atoms with van der Waals surface area (Å²) in [5.41, 5.74) is 0.918. The Bertz CT molecular complexity index is 2270. The number of aromatic nitrogens is 4. The quantitative estimate of drug-likeness (QED) is 0.198. The molecule has 53 heavy (non-hydrogen) atoms. The second kappa shape index (κ2) is 12.4. The third-order valence-corrected chi connectivity index (χ3v) is 12.7. The number of anilines is 1. The SMILES string of the molecule is CCc1c(F)ccc2cc(O)cc(-c3c(F)c4nc(OC[C@@]56CCCN5C[C@H](F)C6)nc(N5[C@@H]6CC[C@H]5CN(CC5CCO5)C6)c4c4cn(C)nc34)c12. The van der Waals surface area contributed by atoms with E-state index in [-0.39, 0.29) is 47.6 Å². The molecule has 0 saturated carbocycles. The van der Waals surface area contributed by atoms with Gasteiger partial charge in [0.25, 0.3) is 0 Å². The van der Waals surface area contributed by atoms with Crippen LogP contribution in [0, 0.1) is 11.6 Å². The summed E-state index contributed by atoms with van der Waals surface area (Å²) in [5.74, 6) is -0.498. The Balaban J connectivity index is 1.18. The minimum absolute atomic E-state index is 0.0508. The monoisotopic (exact) mass is 727 g/mol. The lowest BCUT2D eigenvalue weighted by atomic mass is 9.90. The number of phenols is 1. The molecule has 5 aliphatic heterocycles. The summed E-state index contributed by atoms with van der Waals surface area (Å²) in [7, 11) is 1.79. The van der Waals surface area contributed by atoms with Gasteiger partial charge in [-0.05, 0) is 85.2 Å². The number of alkyl halides is 1. The number of ether oxygens (including phenoxy) is 2. The molecule has 5 aromatic rings. The minimum Gasteiger partial charge on any atom is -0.508 e. The van der Waals surface area contributed by atoms with Crippen molar-refractivity contribution in [3.8, 4) is 22.9 Å². The number of aryl methyl sites for hydroxylation is 2. The first-order valence-corrected chi connectivity index (χ1v) is 19.1. The van der Waals surface area contributed by atoms with Crippen LogP contribution in [0.5, 0.6) is 11.8 Å². The molecule has 2 aromatic heterocycles. The normalized spacial score (nSPS) is 27.4. The Morgan fingerprint density at radius 1 is 1.04 bits per heavy atom. The third-order valence-electron chi connectivity index (χ3n) is 12.7. The average Bonchev–Trinajstić information content (AvgIpc) is 3.84. The Hall–Kier alpha value is -4.20. The fourth-order valence-electron chi connectivity index (χ4n) is 10.3. The van der Waals surface area contributed by atoms with Crippen LogP contribution in [0.25, 0.3) is 43.7 Å². The van der Waals surface area contributed by atoms with Crippen molar-refractivity contribution in [2.24, 2.45) is 7.05 Å². The maximum Gasteiger partial charge on any atom is 0.319 e. The van der Waals surface area contributed by atoms with Crippen LogP contribution in [-0.2, 0) is 18.2 Å². The number of likely N-dealkylation sites (tertiary alicyclic amines) is 1. The number of phenolic OH excluding ortho intramolecular Hbond substituents is 1. The molecule has 0 radical (unpaired) electrons. The van der Waals surface area contributed by atoms with Crippen LogP contribution < -0.4 is 9.64 Å². The smallest absolute Gasteiger partial charge is 0.319 e. The fraction of sp³-hybridized carbons (Fsp3) is 0.525. The van der Waals surface area contributed by atoms with E-state index in [2.05, 4.69) is 14.7 Å². The van der Waals surface area contributed by atoms with Crippen molar-refractivity contribution in [3.63, 3.8) is 0 Å². The van der Waals surface area contributed by atoms with Crippen molar-refractivity contribution in [3.05, 3.63) is 47.7 Å². The molecule has 7 heterocycles. The van der Waals surface area contributed by atoms with Gasteiger partial charge in [0.15, 0.2) is 5.82 Å². The summed E-state index contributed by atoms with van der Waals surface area (Å²) >= 11 is 0. The zero-order valence-electron chi connectivity index (χ0n) is 30.1. The molecule has 5 atom stereocenters. The van der Waals surface area contributed by atoms with E-state index in [1.807, 2.05) is 13.1 Å². The number of fused-ring (bicyclic) bond motifs is 7. The van der Waals surface area contributed by atoms with E-state index in [1.165, 1.54) is 12.1 Å². The maximum absolute atomic E-state index is 17.8. The van der Waals surface area contributed by atoms with Crippen molar-refractivity contribution in [1.82, 2.24) is 29.5 Å². The highest BCUT2D eigenvalue weighted by molar-refractivity contribution is 6.18. The molecule has 1 N–H and O–H groups in total. The predicted octanol–water partition coefficient (Wildman–Crippen LogP) is 6.28. The van der Waals surface area contributed by atoms with Crippen LogP contribution in [0.1, 0.15) is 51.0 Å². The van der Waals surface area contributed by atoms with Gasteiger partial charge >= 0.3 is 6.01 Å². The van der Waals surface area contributed by atoms with Gasteiger partial charge in [0, 0.05) is 75.5 Å². The van der Waals surface area contributed by atoms with Crippen molar-refractivity contribution < 1.29 is 27.8 Å². The molecule has 10 rings (SSSR count). The molecule has 10 nitrogen and oxygen atoms in total. The molecule has 3 aromatic carbocycles. The van der Waals surface area contributed by atoms with E-state index in [1.54, 1.807) is 23.9 Å². The fourth-order valence-corrected chi connectivity index (χ4v) is 10.3. The number of rotatable bonds is 8. The summed E-state index contributed by atoms with van der Waals surface area (Å²) in [6, 6.07) is 6.39. The second-order valence-corrected chi connectivity index (χ2v) is 15.9. The van der Waals surface area contributed by atoms with Crippen LogP contribution in [0.4, 0.5) is 19.0 Å². The molecule has 1 unspecified atom stereocenters. The zero-order chi connectivity index (χ0) is 36.2. The van der Waals surface area contributed by atoms with E-state index in [0.717, 1.165) is 64.9 Å². The number of piperazine rings is 1. The second-order valence-electron chi connectivity index (χ2n) is 15.9. The molecule has 5 saturated heterocycles. The van der Waals surface area contributed by atoms with Gasteiger partial charge in [0.1, 0.15) is 41.2 Å². The summed E-state index contributed by atoms with van der Waals surface area (Å²) in [5, 5.41) is 18.1. The van der Waals surface area contributed by atoms with Crippen LogP contribution in [-0.4, -0.2) is 110 Å². The minimum atomic E-state index is -0.918. The molecular formula is C40H44F3N7O3. The molecule has 2 bridgehead atoms. The molecule has 13 heteroatoms.